The Labute approximate surface area is 129 Å². The Morgan fingerprint density at radius 3 is 2.59 bits per heavy atom. The first-order chi connectivity index (χ1) is 10.9. The van der Waals surface area contributed by atoms with Crippen LogP contribution in [0.2, 0.25) is 0 Å². The Bertz CT molecular complexity index is 643. The van der Waals surface area contributed by atoms with E-state index in [4.69, 9.17) is 4.74 Å². The Morgan fingerprint density at radius 1 is 0.909 bits per heavy atom. The largest absolute Gasteiger partial charge is 0.472 e. The van der Waals surface area contributed by atoms with Gasteiger partial charge in [0.05, 0.1) is 6.20 Å². The average Bonchev–Trinajstić information content (AvgIpc) is 2.60. The molecule has 1 heterocycles. The summed E-state index contributed by atoms with van der Waals surface area (Å²) >= 11 is 0. The highest BCUT2D eigenvalue weighted by Gasteiger charge is 1.99. The lowest BCUT2D eigenvalue weighted by molar-refractivity contribution is 0.292. The van der Waals surface area contributed by atoms with E-state index in [0.29, 0.717) is 12.5 Å². The Morgan fingerprint density at radius 2 is 1.77 bits per heavy atom. The van der Waals surface area contributed by atoms with Gasteiger partial charge in [0.1, 0.15) is 6.61 Å². The van der Waals surface area contributed by atoms with E-state index in [1.165, 1.54) is 5.56 Å². The van der Waals surface area contributed by atoms with Crippen LogP contribution in [0.4, 0.5) is 5.69 Å². The van der Waals surface area contributed by atoms with Gasteiger partial charge in [-0.3, -0.25) is 4.98 Å². The van der Waals surface area contributed by atoms with Crippen LogP contribution < -0.4 is 10.1 Å². The molecule has 1 N–H and O–H groups in total. The molecule has 2 aromatic carbocycles. The van der Waals surface area contributed by atoms with Crippen molar-refractivity contribution in [3.05, 3.63) is 84.3 Å². The van der Waals surface area contributed by atoms with Crippen molar-refractivity contribution in [3.63, 3.8) is 0 Å². The van der Waals surface area contributed by atoms with Crippen LogP contribution in [0.15, 0.2) is 73.2 Å². The molecule has 0 unspecified atom stereocenters. The minimum atomic E-state index is 0.472. The SMILES string of the molecule is c1ccc(CNc2cccc(COc3cnccn3)c2)cc1. The molecule has 0 spiro atoms. The number of rotatable bonds is 6. The maximum atomic E-state index is 5.61. The third-order valence-corrected chi connectivity index (χ3v) is 3.19. The molecule has 0 aliphatic heterocycles. The molecule has 3 rings (SSSR count). The standard InChI is InChI=1S/C18H17N3O/c1-2-5-15(6-3-1)12-21-17-8-4-7-16(11-17)14-22-18-13-19-9-10-20-18/h1-11,13,21H,12,14H2. The van der Waals surface area contributed by atoms with Crippen molar-refractivity contribution in [3.8, 4) is 5.88 Å². The van der Waals surface area contributed by atoms with Crippen LogP contribution in [0.5, 0.6) is 5.88 Å². The number of aromatic nitrogens is 2. The first kappa shape index (κ1) is 14.1. The maximum Gasteiger partial charge on any atom is 0.232 e. The summed E-state index contributed by atoms with van der Waals surface area (Å²) in [5, 5.41) is 3.42. The van der Waals surface area contributed by atoms with Crippen LogP contribution in [-0.2, 0) is 13.2 Å². The van der Waals surface area contributed by atoms with Crippen molar-refractivity contribution in [1.82, 2.24) is 9.97 Å². The molecule has 1 aromatic heterocycles. The highest BCUT2D eigenvalue weighted by Crippen LogP contribution is 2.14. The van der Waals surface area contributed by atoms with E-state index in [2.05, 4.69) is 39.6 Å². The summed E-state index contributed by atoms with van der Waals surface area (Å²) in [5.41, 5.74) is 3.41. The first-order valence-corrected chi connectivity index (χ1v) is 7.16. The normalized spacial score (nSPS) is 10.2. The zero-order chi connectivity index (χ0) is 15.0. The second kappa shape index (κ2) is 7.22. The predicted octanol–water partition coefficient (Wildman–Crippen LogP) is 3.67. The molecular formula is C18H17N3O. The topological polar surface area (TPSA) is 47.0 Å². The van der Waals surface area contributed by atoms with Crippen molar-refractivity contribution in [2.75, 3.05) is 5.32 Å². The lowest BCUT2D eigenvalue weighted by Gasteiger charge is -2.09. The second-order valence-electron chi connectivity index (χ2n) is 4.87. The smallest absolute Gasteiger partial charge is 0.232 e. The number of hydrogen-bond donors (Lipinski definition) is 1. The van der Waals surface area contributed by atoms with Gasteiger partial charge in [0, 0.05) is 24.6 Å². The number of anilines is 1. The molecule has 0 saturated heterocycles. The quantitative estimate of drug-likeness (QED) is 0.753. The summed E-state index contributed by atoms with van der Waals surface area (Å²) in [5.74, 6) is 0.533. The van der Waals surface area contributed by atoms with E-state index >= 15 is 0 Å². The monoisotopic (exact) mass is 291 g/mol. The molecule has 110 valence electrons. The lowest BCUT2D eigenvalue weighted by atomic mass is 10.2. The average molecular weight is 291 g/mol. The number of nitrogens with one attached hydrogen (secondary N) is 1. The summed E-state index contributed by atoms with van der Waals surface area (Å²) in [6.45, 7) is 1.27. The van der Waals surface area contributed by atoms with Gasteiger partial charge in [-0.2, -0.15) is 0 Å². The van der Waals surface area contributed by atoms with Gasteiger partial charge in [0.15, 0.2) is 0 Å². The van der Waals surface area contributed by atoms with Crippen molar-refractivity contribution in [2.24, 2.45) is 0 Å². The molecule has 0 amide bonds. The van der Waals surface area contributed by atoms with Gasteiger partial charge in [-0.25, -0.2) is 4.98 Å². The molecule has 0 aliphatic rings. The van der Waals surface area contributed by atoms with Crippen molar-refractivity contribution in [2.45, 2.75) is 13.2 Å². The number of ether oxygens (including phenoxy) is 1. The van der Waals surface area contributed by atoms with E-state index in [-0.39, 0.29) is 0 Å². The molecule has 0 radical (unpaired) electrons. The van der Waals surface area contributed by atoms with Crippen LogP contribution in [0.3, 0.4) is 0 Å². The Balaban J connectivity index is 1.58. The van der Waals surface area contributed by atoms with E-state index in [1.807, 2.05) is 30.3 Å². The lowest BCUT2D eigenvalue weighted by Crippen LogP contribution is -2.01. The predicted molar refractivity (Wildman–Crippen MR) is 86.6 cm³/mol. The van der Waals surface area contributed by atoms with E-state index in [0.717, 1.165) is 17.8 Å². The van der Waals surface area contributed by atoms with Crippen LogP contribution in [0, 0.1) is 0 Å². The molecule has 0 atom stereocenters. The molecule has 4 nitrogen and oxygen atoms in total. The van der Waals surface area contributed by atoms with E-state index in [9.17, 15) is 0 Å². The summed E-state index contributed by atoms with van der Waals surface area (Å²) < 4.78 is 5.61. The molecule has 4 heteroatoms. The third kappa shape index (κ3) is 4.06. The maximum absolute atomic E-state index is 5.61. The fourth-order valence-corrected chi connectivity index (χ4v) is 2.09. The van der Waals surface area contributed by atoms with Gasteiger partial charge in [-0.15, -0.1) is 0 Å². The van der Waals surface area contributed by atoms with Gasteiger partial charge < -0.3 is 10.1 Å². The van der Waals surface area contributed by atoms with Crippen LogP contribution in [-0.4, -0.2) is 9.97 Å². The molecule has 3 aromatic rings. The van der Waals surface area contributed by atoms with Crippen LogP contribution in [0.1, 0.15) is 11.1 Å². The van der Waals surface area contributed by atoms with E-state index in [1.54, 1.807) is 18.6 Å². The molecule has 22 heavy (non-hydrogen) atoms. The molecule has 0 aliphatic carbocycles. The zero-order valence-corrected chi connectivity index (χ0v) is 12.1. The Kier molecular flexibility index (Phi) is 4.62. The number of hydrogen-bond acceptors (Lipinski definition) is 4. The fraction of sp³-hybridized carbons (Fsp3) is 0.111. The first-order valence-electron chi connectivity index (χ1n) is 7.16. The van der Waals surface area contributed by atoms with Crippen molar-refractivity contribution in [1.29, 1.82) is 0 Å². The van der Waals surface area contributed by atoms with Gasteiger partial charge in [-0.1, -0.05) is 42.5 Å². The minimum Gasteiger partial charge on any atom is -0.472 e. The van der Waals surface area contributed by atoms with Crippen LogP contribution >= 0.6 is 0 Å². The van der Waals surface area contributed by atoms with Gasteiger partial charge in [-0.05, 0) is 23.3 Å². The summed E-state index contributed by atoms with van der Waals surface area (Å²) in [6, 6.07) is 18.5. The highest BCUT2D eigenvalue weighted by atomic mass is 16.5. The second-order valence-corrected chi connectivity index (χ2v) is 4.87. The molecule has 0 fully saturated rings. The van der Waals surface area contributed by atoms with Gasteiger partial charge in [0.2, 0.25) is 5.88 Å². The Hall–Kier alpha value is -2.88. The van der Waals surface area contributed by atoms with Crippen molar-refractivity contribution < 1.29 is 4.74 Å². The minimum absolute atomic E-state index is 0.472. The van der Waals surface area contributed by atoms with Gasteiger partial charge in [0.25, 0.3) is 0 Å². The summed E-state index contributed by atoms with van der Waals surface area (Å²) in [7, 11) is 0. The van der Waals surface area contributed by atoms with Crippen LogP contribution in [0.25, 0.3) is 0 Å². The zero-order valence-electron chi connectivity index (χ0n) is 12.1. The molecule has 0 saturated carbocycles. The fourth-order valence-electron chi connectivity index (χ4n) is 2.09. The number of nitrogens with zero attached hydrogens (tertiary/aromatic N) is 2. The van der Waals surface area contributed by atoms with E-state index < -0.39 is 0 Å². The van der Waals surface area contributed by atoms with Gasteiger partial charge >= 0.3 is 0 Å². The van der Waals surface area contributed by atoms with Crippen molar-refractivity contribution >= 4 is 5.69 Å². The third-order valence-electron chi connectivity index (χ3n) is 3.19. The summed E-state index contributed by atoms with van der Waals surface area (Å²) in [6.07, 6.45) is 4.85. The summed E-state index contributed by atoms with van der Waals surface area (Å²) in [4.78, 5) is 8.07. The highest BCUT2D eigenvalue weighted by molar-refractivity contribution is 5.46. The molecular weight excluding hydrogens is 274 g/mol. The number of benzene rings is 2. The molecule has 0 bridgehead atoms.